The van der Waals surface area contributed by atoms with Crippen LogP contribution < -0.4 is 0 Å². The van der Waals surface area contributed by atoms with Gasteiger partial charge in [0.05, 0.1) is 25.0 Å². The van der Waals surface area contributed by atoms with Gasteiger partial charge in [-0.15, -0.1) is 0 Å². The van der Waals surface area contributed by atoms with Crippen molar-refractivity contribution in [2.75, 3.05) is 20.1 Å². The molecular formula is C33H48N6O2. The van der Waals surface area contributed by atoms with Crippen molar-refractivity contribution in [1.82, 2.24) is 29.7 Å². The summed E-state index contributed by atoms with van der Waals surface area (Å²) >= 11 is 0. The molecule has 1 aromatic carbocycles. The van der Waals surface area contributed by atoms with Crippen molar-refractivity contribution < 1.29 is 9.59 Å². The van der Waals surface area contributed by atoms with Gasteiger partial charge in [0.2, 0.25) is 5.91 Å². The van der Waals surface area contributed by atoms with Crippen LogP contribution in [0.2, 0.25) is 0 Å². The molecule has 0 radical (unpaired) electrons. The van der Waals surface area contributed by atoms with Gasteiger partial charge in [0, 0.05) is 30.8 Å². The second-order valence-corrected chi connectivity index (χ2v) is 12.0. The molecule has 0 atom stereocenters. The van der Waals surface area contributed by atoms with Crippen molar-refractivity contribution in [3.63, 3.8) is 0 Å². The Kier molecular flexibility index (Phi) is 10.2. The molecule has 0 unspecified atom stereocenters. The Bertz CT molecular complexity index is 1250. The summed E-state index contributed by atoms with van der Waals surface area (Å²) in [6, 6.07) is 9.25. The molecule has 3 fully saturated rings. The van der Waals surface area contributed by atoms with Crippen LogP contribution in [-0.4, -0.2) is 62.1 Å². The number of hydrogen-bond donors (Lipinski definition) is 2. The summed E-state index contributed by atoms with van der Waals surface area (Å²) in [4.78, 5) is 41.4. The predicted octanol–water partition coefficient (Wildman–Crippen LogP) is 6.15. The zero-order valence-corrected chi connectivity index (χ0v) is 25.6. The number of fused-ring (bicyclic) bond motifs is 3. The molecule has 8 nitrogen and oxygen atoms in total. The highest BCUT2D eigenvalue weighted by atomic mass is 16.2. The van der Waals surface area contributed by atoms with Crippen molar-refractivity contribution in [2.24, 2.45) is 0 Å². The predicted molar refractivity (Wildman–Crippen MR) is 163 cm³/mol. The lowest BCUT2D eigenvalue weighted by Gasteiger charge is -2.53. The first-order valence-corrected chi connectivity index (χ1v) is 15.3. The molecule has 3 aliphatic rings. The Hall–Kier alpha value is -3.26. The van der Waals surface area contributed by atoms with Gasteiger partial charge in [0.1, 0.15) is 17.9 Å². The van der Waals surface area contributed by atoms with E-state index in [-0.39, 0.29) is 16.7 Å². The van der Waals surface area contributed by atoms with Crippen LogP contribution in [0.3, 0.4) is 0 Å². The van der Waals surface area contributed by atoms with Crippen LogP contribution in [0.4, 0.5) is 0 Å². The molecule has 8 heteroatoms. The average molecular weight is 561 g/mol. The minimum absolute atomic E-state index is 0.113. The van der Waals surface area contributed by atoms with Crippen LogP contribution in [0.25, 0.3) is 11.3 Å². The second kappa shape index (κ2) is 13.6. The van der Waals surface area contributed by atoms with Crippen molar-refractivity contribution in [3.8, 4) is 11.3 Å². The van der Waals surface area contributed by atoms with E-state index in [0.29, 0.717) is 6.54 Å². The van der Waals surface area contributed by atoms with Crippen molar-refractivity contribution >= 4 is 12.2 Å². The van der Waals surface area contributed by atoms with E-state index in [2.05, 4.69) is 70.0 Å². The van der Waals surface area contributed by atoms with E-state index >= 15 is 0 Å². The molecule has 3 aliphatic carbocycles. The molecule has 2 N–H and O–H groups in total. The minimum atomic E-state index is 0.113. The summed E-state index contributed by atoms with van der Waals surface area (Å²) in [5.41, 5.74) is 5.55. The van der Waals surface area contributed by atoms with Crippen LogP contribution in [-0.2, 0) is 33.5 Å². The fourth-order valence-corrected chi connectivity index (χ4v) is 6.84. The third-order valence-electron chi connectivity index (χ3n) is 9.19. The van der Waals surface area contributed by atoms with Gasteiger partial charge >= 0.3 is 0 Å². The van der Waals surface area contributed by atoms with Crippen molar-refractivity contribution in [3.05, 3.63) is 59.6 Å². The normalized spacial score (nSPS) is 21.4. The van der Waals surface area contributed by atoms with Crippen LogP contribution in [0.15, 0.2) is 36.7 Å². The van der Waals surface area contributed by atoms with E-state index in [1.807, 2.05) is 17.3 Å². The molecular weight excluding hydrogens is 512 g/mol. The fourth-order valence-electron chi connectivity index (χ4n) is 6.84. The first-order chi connectivity index (χ1) is 19.8. The smallest absolute Gasteiger partial charge is 0.219 e. The average Bonchev–Trinajstić information content (AvgIpc) is 3.65. The number of carbonyl (C=O) groups excluding carboxylic acids is 2. The first kappa shape index (κ1) is 30.7. The van der Waals surface area contributed by atoms with E-state index in [1.165, 1.54) is 62.3 Å². The van der Waals surface area contributed by atoms with Gasteiger partial charge in [-0.1, -0.05) is 38.1 Å². The number of imidazole rings is 2. The second-order valence-electron chi connectivity index (χ2n) is 12.0. The number of nitrogens with one attached hydrogen (secondary N) is 2. The SMILES string of the molecule is CC=O.CCCN(C)Cc1ncc(-c2ccc(C34CCC(c5cnc(CN(CCC)C(C)=O)[nH]5)(CC3)CC4)cc2)[nH]1. The number of aldehydes is 1. The third-order valence-corrected chi connectivity index (χ3v) is 9.19. The zero-order valence-electron chi connectivity index (χ0n) is 25.6. The Morgan fingerprint density at radius 3 is 2.02 bits per heavy atom. The summed E-state index contributed by atoms with van der Waals surface area (Å²) in [6.45, 7) is 10.7. The van der Waals surface area contributed by atoms with E-state index in [1.54, 1.807) is 6.92 Å². The van der Waals surface area contributed by atoms with Crippen molar-refractivity contribution in [2.45, 2.75) is 103 Å². The molecule has 0 aliphatic heterocycles. The van der Waals surface area contributed by atoms with Crippen LogP contribution in [0.1, 0.15) is 102 Å². The molecule has 6 rings (SSSR count). The van der Waals surface area contributed by atoms with Gasteiger partial charge in [-0.25, -0.2) is 9.97 Å². The van der Waals surface area contributed by atoms with Crippen LogP contribution >= 0.6 is 0 Å². The summed E-state index contributed by atoms with van der Waals surface area (Å²) in [5.74, 6) is 2.05. The molecule has 2 bridgehead atoms. The number of H-pyrrole nitrogens is 2. The molecule has 2 aromatic heterocycles. The van der Waals surface area contributed by atoms with Gasteiger partial charge in [-0.05, 0) is 88.4 Å². The molecule has 3 aromatic rings. The standard InChI is InChI=1S/C31H44N6O.C2H4O/c1-5-17-36(4)21-28-32-19-26(34-28)24-7-9-25(10-8-24)30-11-14-31(15-12-30,16-13-30)27-20-33-29(35-27)22-37(18-6-2)23(3)38;1-2-3/h7-10,19-20H,5-6,11-18,21-22H2,1-4H3,(H,32,34)(H,33,35);2H,1H3. The lowest BCUT2D eigenvalue weighted by molar-refractivity contribution is -0.129. The maximum atomic E-state index is 12.0. The quantitative estimate of drug-likeness (QED) is 0.274. The molecule has 222 valence electrons. The van der Waals surface area contributed by atoms with E-state index < -0.39 is 0 Å². The number of hydrogen-bond acceptors (Lipinski definition) is 5. The fraction of sp³-hybridized carbons (Fsp3) is 0.576. The van der Waals surface area contributed by atoms with Gasteiger partial charge in [-0.2, -0.15) is 0 Å². The van der Waals surface area contributed by atoms with Gasteiger partial charge in [0.25, 0.3) is 0 Å². The number of aromatic nitrogens is 4. The summed E-state index contributed by atoms with van der Waals surface area (Å²) in [5, 5.41) is 0. The molecule has 3 saturated carbocycles. The highest BCUT2D eigenvalue weighted by molar-refractivity contribution is 5.73. The Balaban J connectivity index is 0.00000124. The molecule has 1 amide bonds. The minimum Gasteiger partial charge on any atom is -0.344 e. The molecule has 41 heavy (non-hydrogen) atoms. The molecule has 0 saturated heterocycles. The summed E-state index contributed by atoms with van der Waals surface area (Å²) in [7, 11) is 2.14. The maximum Gasteiger partial charge on any atom is 0.219 e. The first-order valence-electron chi connectivity index (χ1n) is 15.3. The van der Waals surface area contributed by atoms with Gasteiger partial charge < -0.3 is 19.7 Å². The van der Waals surface area contributed by atoms with Crippen LogP contribution in [0.5, 0.6) is 0 Å². The number of amides is 1. The van der Waals surface area contributed by atoms with E-state index in [0.717, 1.165) is 56.1 Å². The number of carbonyl (C=O) groups is 2. The Morgan fingerprint density at radius 2 is 1.44 bits per heavy atom. The van der Waals surface area contributed by atoms with E-state index in [4.69, 9.17) is 4.79 Å². The zero-order chi connectivity index (χ0) is 29.5. The van der Waals surface area contributed by atoms with Crippen molar-refractivity contribution in [1.29, 1.82) is 0 Å². The summed E-state index contributed by atoms with van der Waals surface area (Å²) < 4.78 is 0. The topological polar surface area (TPSA) is 98.0 Å². The van der Waals surface area contributed by atoms with Gasteiger partial charge in [-0.3, -0.25) is 9.69 Å². The lowest BCUT2D eigenvalue weighted by Crippen LogP contribution is -2.46. The van der Waals surface area contributed by atoms with Gasteiger partial charge in [0.15, 0.2) is 0 Å². The largest absolute Gasteiger partial charge is 0.344 e. The Morgan fingerprint density at radius 1 is 0.878 bits per heavy atom. The molecule has 2 heterocycles. The third kappa shape index (κ3) is 6.97. The van der Waals surface area contributed by atoms with Crippen LogP contribution in [0, 0.1) is 0 Å². The number of aromatic amines is 2. The monoisotopic (exact) mass is 560 g/mol. The highest BCUT2D eigenvalue weighted by Gasteiger charge is 2.50. The number of nitrogens with zero attached hydrogens (tertiary/aromatic N) is 4. The maximum absolute atomic E-state index is 12.0. The lowest BCUT2D eigenvalue weighted by atomic mass is 9.51. The number of rotatable bonds is 11. The highest BCUT2D eigenvalue weighted by Crippen LogP contribution is 2.58. The summed E-state index contributed by atoms with van der Waals surface area (Å²) in [6.07, 6.45) is 14.1. The molecule has 0 spiro atoms. The number of benzene rings is 1. The van der Waals surface area contributed by atoms with E-state index in [9.17, 15) is 4.79 Å². The Labute approximate surface area is 245 Å².